The van der Waals surface area contributed by atoms with Gasteiger partial charge in [-0.25, -0.2) is 17.9 Å². The third-order valence-electron chi connectivity index (χ3n) is 6.15. The van der Waals surface area contributed by atoms with Crippen LogP contribution in [0.1, 0.15) is 12.5 Å². The van der Waals surface area contributed by atoms with Crippen LogP contribution in [0, 0.1) is 0 Å². The van der Waals surface area contributed by atoms with Gasteiger partial charge in [0.15, 0.2) is 0 Å². The summed E-state index contributed by atoms with van der Waals surface area (Å²) in [6.07, 6.45) is 0.159. The number of likely N-dealkylation sites (N-methyl/N-ethyl adjacent to an activating group) is 1. The van der Waals surface area contributed by atoms with Crippen LogP contribution in [-0.4, -0.2) is 40.1 Å². The Bertz CT molecular complexity index is 1570. The summed E-state index contributed by atoms with van der Waals surface area (Å²) >= 11 is 7.55. The molecule has 0 aliphatic rings. The molecule has 0 aliphatic heterocycles. The lowest BCUT2D eigenvalue weighted by atomic mass is 10.0. The molecule has 208 valence electrons. The van der Waals surface area contributed by atoms with Crippen LogP contribution in [0.4, 0.5) is 10.5 Å². The van der Waals surface area contributed by atoms with Crippen LogP contribution in [0.15, 0.2) is 95.2 Å². The summed E-state index contributed by atoms with van der Waals surface area (Å²) in [5, 5.41) is 4.39. The second kappa shape index (κ2) is 13.0. The molecule has 0 saturated carbocycles. The van der Waals surface area contributed by atoms with E-state index < -0.39 is 28.0 Å². The van der Waals surface area contributed by atoms with E-state index in [-0.39, 0.29) is 11.3 Å². The number of carbonyl (C=O) groups is 2. The number of nitrogens with zero attached hydrogens (tertiary/aromatic N) is 1. The number of amides is 3. The molecule has 3 aromatic carbocycles. The van der Waals surface area contributed by atoms with Gasteiger partial charge in [0, 0.05) is 24.2 Å². The first kappa shape index (κ1) is 29.1. The zero-order valence-corrected chi connectivity index (χ0v) is 24.2. The average Bonchev–Trinajstić information content (AvgIpc) is 3.39. The van der Waals surface area contributed by atoms with E-state index in [0.717, 1.165) is 5.56 Å². The van der Waals surface area contributed by atoms with Gasteiger partial charge in [0.25, 0.3) is 10.0 Å². The van der Waals surface area contributed by atoms with E-state index >= 15 is 0 Å². The van der Waals surface area contributed by atoms with E-state index in [4.69, 9.17) is 16.3 Å². The van der Waals surface area contributed by atoms with Gasteiger partial charge in [0.1, 0.15) is 16.1 Å². The molecule has 0 radical (unpaired) electrons. The molecule has 4 rings (SSSR count). The summed E-state index contributed by atoms with van der Waals surface area (Å²) in [5.41, 5.74) is 2.71. The molecule has 4 aromatic rings. The van der Waals surface area contributed by atoms with E-state index in [9.17, 15) is 18.0 Å². The van der Waals surface area contributed by atoms with Crippen molar-refractivity contribution in [3.63, 3.8) is 0 Å². The number of urea groups is 1. The predicted molar refractivity (Wildman–Crippen MR) is 159 cm³/mol. The van der Waals surface area contributed by atoms with Crippen molar-refractivity contribution in [2.75, 3.05) is 18.6 Å². The largest absolute Gasteiger partial charge is 0.497 e. The third kappa shape index (κ3) is 7.01. The van der Waals surface area contributed by atoms with Gasteiger partial charge in [-0.05, 0) is 65.9 Å². The molecular weight excluding hydrogens is 570 g/mol. The monoisotopic (exact) mass is 597 g/mol. The van der Waals surface area contributed by atoms with Crippen molar-refractivity contribution in [2.45, 2.75) is 24.3 Å². The first-order valence-corrected chi connectivity index (χ1v) is 15.1. The Hall–Kier alpha value is -3.86. The summed E-state index contributed by atoms with van der Waals surface area (Å²) < 4.78 is 34.0. The van der Waals surface area contributed by atoms with Gasteiger partial charge in [0.05, 0.1) is 12.0 Å². The Morgan fingerprint density at radius 3 is 2.35 bits per heavy atom. The summed E-state index contributed by atoms with van der Waals surface area (Å²) in [6.45, 7) is 2.15. The molecular formula is C29H28ClN3O5S2. The number of hydrogen-bond acceptors (Lipinski definition) is 6. The molecule has 8 nitrogen and oxygen atoms in total. The Labute approximate surface area is 242 Å². The highest BCUT2D eigenvalue weighted by atomic mass is 35.5. The van der Waals surface area contributed by atoms with Gasteiger partial charge < -0.3 is 15.0 Å². The summed E-state index contributed by atoms with van der Waals surface area (Å²) in [6, 6.07) is 22.0. The standard InChI is InChI=1S/C29H28ClN3O5S2/c1-3-33(22-12-14-23(38-2)15-13-22)28(34)26(18-20-8-5-4-6-9-20)31-29(35)32-40(36,37)24-11-7-10-21(19-24)25-16-17-39-27(25)30/h4-17,19,26H,3,18H2,1-2H3,(H2,31,32,35). The van der Waals surface area contributed by atoms with Gasteiger partial charge in [-0.15, -0.1) is 11.3 Å². The minimum atomic E-state index is -4.26. The molecule has 11 heteroatoms. The number of rotatable bonds is 10. The van der Waals surface area contributed by atoms with E-state index in [1.807, 2.05) is 42.0 Å². The summed E-state index contributed by atoms with van der Waals surface area (Å²) in [7, 11) is -2.70. The molecule has 3 amide bonds. The quantitative estimate of drug-likeness (QED) is 0.243. The highest BCUT2D eigenvalue weighted by Gasteiger charge is 2.28. The molecule has 1 unspecified atom stereocenters. The number of anilines is 1. The van der Waals surface area contributed by atoms with Crippen LogP contribution in [0.25, 0.3) is 11.1 Å². The fourth-order valence-electron chi connectivity index (χ4n) is 4.17. The second-order valence-corrected chi connectivity index (χ2v) is 11.9. The molecule has 0 saturated heterocycles. The van der Waals surface area contributed by atoms with Crippen LogP contribution in [0.3, 0.4) is 0 Å². The molecule has 1 atom stereocenters. The summed E-state index contributed by atoms with van der Waals surface area (Å²) in [4.78, 5) is 28.1. The maximum atomic E-state index is 13.7. The van der Waals surface area contributed by atoms with E-state index in [1.165, 1.54) is 28.4 Å². The minimum absolute atomic E-state index is 0.109. The lowest BCUT2D eigenvalue weighted by Gasteiger charge is -2.27. The second-order valence-electron chi connectivity index (χ2n) is 8.74. The molecule has 2 N–H and O–H groups in total. The number of thiophene rings is 1. The Kier molecular flexibility index (Phi) is 9.46. The van der Waals surface area contributed by atoms with Crippen molar-refractivity contribution in [3.05, 3.63) is 100 Å². The number of carbonyl (C=O) groups excluding carboxylic acids is 2. The van der Waals surface area contributed by atoms with Crippen LogP contribution in [0.5, 0.6) is 5.75 Å². The molecule has 40 heavy (non-hydrogen) atoms. The highest BCUT2D eigenvalue weighted by molar-refractivity contribution is 7.90. The topological polar surface area (TPSA) is 105 Å². The SMILES string of the molecule is CCN(C(=O)C(Cc1ccccc1)NC(=O)NS(=O)(=O)c1cccc(-c2ccsc2Cl)c1)c1ccc(OC)cc1. The number of sulfonamides is 1. The normalized spacial score (nSPS) is 11.9. The molecule has 0 spiro atoms. The maximum absolute atomic E-state index is 13.7. The van der Waals surface area contributed by atoms with Crippen molar-refractivity contribution in [2.24, 2.45) is 0 Å². The number of ether oxygens (including phenoxy) is 1. The zero-order chi connectivity index (χ0) is 28.7. The molecule has 0 aliphatic carbocycles. The van der Waals surface area contributed by atoms with E-state index in [2.05, 4.69) is 5.32 Å². The summed E-state index contributed by atoms with van der Waals surface area (Å²) in [5.74, 6) is 0.249. The predicted octanol–water partition coefficient (Wildman–Crippen LogP) is 5.73. The fraction of sp³-hybridized carbons (Fsp3) is 0.172. The maximum Gasteiger partial charge on any atom is 0.329 e. The number of hydrogen-bond donors (Lipinski definition) is 2. The Morgan fingerprint density at radius 2 is 1.73 bits per heavy atom. The van der Waals surface area contributed by atoms with Gasteiger partial charge in [-0.1, -0.05) is 54.1 Å². The van der Waals surface area contributed by atoms with Crippen molar-refractivity contribution in [1.82, 2.24) is 10.0 Å². The Balaban J connectivity index is 1.56. The van der Waals surface area contributed by atoms with Gasteiger partial charge in [-0.3, -0.25) is 4.79 Å². The fourth-order valence-corrected chi connectivity index (χ4v) is 6.09. The zero-order valence-electron chi connectivity index (χ0n) is 21.8. The lowest BCUT2D eigenvalue weighted by Crippen LogP contribution is -2.53. The van der Waals surface area contributed by atoms with Gasteiger partial charge in [-0.2, -0.15) is 0 Å². The molecule has 0 bridgehead atoms. The minimum Gasteiger partial charge on any atom is -0.497 e. The average molecular weight is 598 g/mol. The highest BCUT2D eigenvalue weighted by Crippen LogP contribution is 2.33. The molecule has 0 fully saturated rings. The van der Waals surface area contributed by atoms with Crippen molar-refractivity contribution < 1.29 is 22.7 Å². The molecule has 1 heterocycles. The van der Waals surface area contributed by atoms with Gasteiger partial charge in [0.2, 0.25) is 5.91 Å². The van der Waals surface area contributed by atoms with E-state index in [1.54, 1.807) is 55.0 Å². The van der Waals surface area contributed by atoms with Crippen LogP contribution in [0.2, 0.25) is 4.34 Å². The van der Waals surface area contributed by atoms with Gasteiger partial charge >= 0.3 is 6.03 Å². The van der Waals surface area contributed by atoms with Crippen molar-refractivity contribution in [3.8, 4) is 16.9 Å². The number of methoxy groups -OCH3 is 1. The third-order valence-corrected chi connectivity index (χ3v) is 8.65. The smallest absolute Gasteiger partial charge is 0.329 e. The van der Waals surface area contributed by atoms with Crippen LogP contribution in [-0.2, 0) is 21.2 Å². The van der Waals surface area contributed by atoms with Crippen LogP contribution >= 0.6 is 22.9 Å². The lowest BCUT2D eigenvalue weighted by molar-refractivity contribution is -0.120. The van der Waals surface area contributed by atoms with E-state index in [0.29, 0.717) is 33.4 Å². The van der Waals surface area contributed by atoms with Crippen molar-refractivity contribution in [1.29, 1.82) is 0 Å². The number of nitrogens with one attached hydrogen (secondary N) is 2. The van der Waals surface area contributed by atoms with Crippen molar-refractivity contribution >= 4 is 50.6 Å². The first-order valence-electron chi connectivity index (χ1n) is 12.4. The number of halogens is 1. The van der Waals surface area contributed by atoms with Crippen LogP contribution < -0.4 is 19.7 Å². The number of benzene rings is 3. The molecule has 1 aromatic heterocycles. The first-order chi connectivity index (χ1) is 19.2. The Morgan fingerprint density at radius 1 is 1.00 bits per heavy atom.